The van der Waals surface area contributed by atoms with Crippen LogP contribution in [0.4, 0.5) is 0 Å². The second-order valence-electron chi connectivity index (χ2n) is 8.09. The van der Waals surface area contributed by atoms with E-state index in [9.17, 15) is 4.79 Å². The number of Topliss-reactive ketones (excluding diaryl/α,β-unsaturated/α-hetero) is 1. The van der Waals surface area contributed by atoms with Crippen molar-refractivity contribution in [1.29, 1.82) is 0 Å². The molecule has 2 heterocycles. The highest BCUT2D eigenvalue weighted by atomic mass is 35.5. The zero-order valence-electron chi connectivity index (χ0n) is 18.2. The number of allylic oxidation sites excluding steroid dienone is 1. The van der Waals surface area contributed by atoms with Crippen LogP contribution in [0.15, 0.2) is 54.3 Å². The third kappa shape index (κ3) is 4.20. The third-order valence-electron chi connectivity index (χ3n) is 5.80. The second kappa shape index (κ2) is 8.75. The van der Waals surface area contributed by atoms with Gasteiger partial charge in [-0.15, -0.1) is 0 Å². The van der Waals surface area contributed by atoms with Crippen LogP contribution in [0.5, 0.6) is 17.2 Å². The Morgan fingerprint density at radius 2 is 1.91 bits per heavy atom. The van der Waals surface area contributed by atoms with Crippen molar-refractivity contribution in [2.45, 2.75) is 20.0 Å². The predicted octanol–water partition coefficient (Wildman–Crippen LogP) is 6.28. The first kappa shape index (κ1) is 21.8. The lowest BCUT2D eigenvalue weighted by molar-refractivity contribution is 0.0872. The summed E-state index contributed by atoms with van der Waals surface area (Å²) in [6.45, 7) is 3.65. The topological polar surface area (TPSA) is 48.0 Å². The number of fused-ring (bicyclic) bond motifs is 3. The number of carbonyl (C=O) groups is 1. The number of hydrogen-bond acceptors (Lipinski definition) is 5. The van der Waals surface area contributed by atoms with E-state index >= 15 is 0 Å². The summed E-state index contributed by atoms with van der Waals surface area (Å²) in [6.07, 6.45) is 1.66. The smallest absolute Gasteiger partial charge is 0.232 e. The Morgan fingerprint density at radius 1 is 1.12 bits per heavy atom. The molecular formula is C26H21Cl2NO4. The van der Waals surface area contributed by atoms with Gasteiger partial charge in [-0.05, 0) is 60.0 Å². The number of nitrogens with zero attached hydrogens (tertiary/aromatic N) is 1. The Balaban J connectivity index is 1.44. The maximum atomic E-state index is 13.2. The van der Waals surface area contributed by atoms with Crippen LogP contribution in [-0.4, -0.2) is 24.5 Å². The maximum absolute atomic E-state index is 13.2. The second-order valence-corrected chi connectivity index (χ2v) is 8.93. The van der Waals surface area contributed by atoms with Crippen molar-refractivity contribution >= 4 is 35.1 Å². The van der Waals surface area contributed by atoms with Crippen molar-refractivity contribution in [2.75, 3.05) is 13.8 Å². The fourth-order valence-electron chi connectivity index (χ4n) is 4.13. The maximum Gasteiger partial charge on any atom is 0.232 e. The summed E-state index contributed by atoms with van der Waals surface area (Å²) in [5, 5.41) is 0.984. The number of rotatable bonds is 4. The Kier molecular flexibility index (Phi) is 5.79. The molecule has 0 saturated heterocycles. The van der Waals surface area contributed by atoms with E-state index in [1.54, 1.807) is 31.4 Å². The molecule has 7 heteroatoms. The molecule has 2 aliphatic heterocycles. The number of methoxy groups -OCH3 is 1. The number of carbonyl (C=O) groups excluding carboxylic acids is 1. The van der Waals surface area contributed by atoms with Crippen molar-refractivity contribution in [1.82, 2.24) is 4.90 Å². The zero-order valence-corrected chi connectivity index (χ0v) is 19.7. The number of benzene rings is 3. The Bertz CT molecular complexity index is 1280. The van der Waals surface area contributed by atoms with E-state index < -0.39 is 0 Å². The monoisotopic (exact) mass is 481 g/mol. The molecule has 0 bridgehead atoms. The van der Waals surface area contributed by atoms with Gasteiger partial charge in [-0.2, -0.15) is 0 Å². The molecule has 0 unspecified atom stereocenters. The van der Waals surface area contributed by atoms with Gasteiger partial charge in [-0.25, -0.2) is 0 Å². The Morgan fingerprint density at radius 3 is 2.64 bits per heavy atom. The van der Waals surface area contributed by atoms with Crippen LogP contribution < -0.4 is 14.2 Å². The quantitative estimate of drug-likeness (QED) is 0.410. The first-order chi connectivity index (χ1) is 15.9. The average Bonchev–Trinajstić information content (AvgIpc) is 3.13. The predicted molar refractivity (Wildman–Crippen MR) is 128 cm³/mol. The van der Waals surface area contributed by atoms with Crippen molar-refractivity contribution in [2.24, 2.45) is 0 Å². The number of hydrogen-bond donors (Lipinski definition) is 0. The zero-order chi connectivity index (χ0) is 23.1. The molecule has 0 saturated carbocycles. The first-order valence-corrected chi connectivity index (χ1v) is 11.2. The van der Waals surface area contributed by atoms with Gasteiger partial charge in [0.2, 0.25) is 5.78 Å². The number of halogens is 2. The van der Waals surface area contributed by atoms with Crippen LogP contribution in [0.3, 0.4) is 0 Å². The van der Waals surface area contributed by atoms with Crippen LogP contribution in [0.2, 0.25) is 10.0 Å². The van der Waals surface area contributed by atoms with E-state index in [-0.39, 0.29) is 11.5 Å². The molecule has 0 N–H and O–H groups in total. The average molecular weight is 482 g/mol. The molecule has 5 rings (SSSR count). The van der Waals surface area contributed by atoms with Gasteiger partial charge in [0.05, 0.1) is 18.2 Å². The van der Waals surface area contributed by atoms with Crippen LogP contribution in [0, 0.1) is 6.92 Å². The van der Waals surface area contributed by atoms with E-state index in [1.165, 1.54) is 0 Å². The molecule has 2 aliphatic rings. The minimum atomic E-state index is -0.163. The summed E-state index contributed by atoms with van der Waals surface area (Å²) in [5.41, 5.74) is 4.07. The molecule has 0 aliphatic carbocycles. The largest absolute Gasteiger partial charge is 0.497 e. The van der Waals surface area contributed by atoms with Gasteiger partial charge >= 0.3 is 0 Å². The molecule has 5 nitrogen and oxygen atoms in total. The minimum Gasteiger partial charge on any atom is -0.497 e. The van der Waals surface area contributed by atoms with Crippen LogP contribution in [0.1, 0.15) is 32.6 Å². The van der Waals surface area contributed by atoms with Gasteiger partial charge in [0.1, 0.15) is 24.0 Å². The lowest BCUT2D eigenvalue weighted by atomic mass is 9.98. The molecule has 3 aromatic carbocycles. The Labute approximate surface area is 202 Å². The van der Waals surface area contributed by atoms with Gasteiger partial charge in [0.25, 0.3) is 0 Å². The molecule has 0 fully saturated rings. The van der Waals surface area contributed by atoms with E-state index in [0.717, 1.165) is 28.2 Å². The summed E-state index contributed by atoms with van der Waals surface area (Å²) in [4.78, 5) is 15.3. The number of ether oxygens (including phenoxy) is 3. The van der Waals surface area contributed by atoms with Gasteiger partial charge in [-0.1, -0.05) is 41.4 Å². The molecule has 0 spiro atoms. The van der Waals surface area contributed by atoms with Crippen molar-refractivity contribution in [3.63, 3.8) is 0 Å². The van der Waals surface area contributed by atoms with Gasteiger partial charge in [0.15, 0.2) is 5.76 Å². The van der Waals surface area contributed by atoms with Crippen LogP contribution in [-0.2, 0) is 13.1 Å². The fourth-order valence-corrected chi connectivity index (χ4v) is 4.59. The molecule has 168 valence electrons. The molecule has 3 aromatic rings. The number of ketones is 1. The summed E-state index contributed by atoms with van der Waals surface area (Å²) in [5.74, 6) is 2.20. The van der Waals surface area contributed by atoms with Gasteiger partial charge in [-0.3, -0.25) is 9.69 Å². The first-order valence-electron chi connectivity index (χ1n) is 10.5. The van der Waals surface area contributed by atoms with Gasteiger partial charge in [0, 0.05) is 23.1 Å². The summed E-state index contributed by atoms with van der Waals surface area (Å²) in [7, 11) is 1.65. The Hall–Kier alpha value is -2.99. The summed E-state index contributed by atoms with van der Waals surface area (Å²) in [6, 6.07) is 15.0. The SMILES string of the molecule is COc1ccc(CN2COc3cc(C)c4c(c3C2)O/C(=C\c2ccc(Cl)cc2Cl)C4=O)cc1. The standard InChI is InChI=1S/C26H21Cl2NO4/c1-15-9-22-20(13-29(14-32-22)12-16-3-7-19(31-2)8-4-16)26-24(15)25(30)23(33-26)10-17-5-6-18(27)11-21(17)28/h3-11H,12-14H2,1-2H3/b23-10-. The van der Waals surface area contributed by atoms with E-state index in [1.807, 2.05) is 37.3 Å². The highest BCUT2D eigenvalue weighted by molar-refractivity contribution is 6.35. The highest BCUT2D eigenvalue weighted by Gasteiger charge is 2.35. The highest BCUT2D eigenvalue weighted by Crippen LogP contribution is 2.44. The van der Waals surface area contributed by atoms with Crippen LogP contribution >= 0.6 is 23.2 Å². The van der Waals surface area contributed by atoms with Crippen LogP contribution in [0.25, 0.3) is 6.08 Å². The lowest BCUT2D eigenvalue weighted by Crippen LogP contribution is -2.31. The van der Waals surface area contributed by atoms with E-state index in [2.05, 4.69) is 4.90 Å². The summed E-state index contributed by atoms with van der Waals surface area (Å²) < 4.78 is 17.4. The molecule has 0 amide bonds. The number of aryl methyl sites for hydroxylation is 1. The van der Waals surface area contributed by atoms with Crippen molar-refractivity contribution in [3.8, 4) is 17.2 Å². The molecule has 0 radical (unpaired) electrons. The van der Waals surface area contributed by atoms with Gasteiger partial charge < -0.3 is 14.2 Å². The summed E-state index contributed by atoms with van der Waals surface area (Å²) >= 11 is 12.3. The molecule has 33 heavy (non-hydrogen) atoms. The third-order valence-corrected chi connectivity index (χ3v) is 6.36. The van der Waals surface area contributed by atoms with Crippen molar-refractivity contribution < 1.29 is 19.0 Å². The minimum absolute atomic E-state index is 0.163. The molecule has 0 atom stereocenters. The van der Waals surface area contributed by atoms with E-state index in [0.29, 0.717) is 46.7 Å². The molecule has 0 aromatic heterocycles. The van der Waals surface area contributed by atoms with E-state index in [4.69, 9.17) is 37.4 Å². The normalized spacial score (nSPS) is 16.2. The lowest BCUT2D eigenvalue weighted by Gasteiger charge is -2.30. The fraction of sp³-hybridized carbons (Fsp3) is 0.192. The molecular weight excluding hydrogens is 461 g/mol. The van der Waals surface area contributed by atoms with Crippen molar-refractivity contribution in [3.05, 3.63) is 92.2 Å².